The van der Waals surface area contributed by atoms with Crippen LogP contribution in [0, 0.1) is 13.8 Å². The molecular weight excluding hydrogens is 1490 g/mol. The first-order chi connectivity index (χ1) is 59.4. The van der Waals surface area contributed by atoms with Crippen LogP contribution < -0.4 is 9.80 Å². The molecule has 2 nitrogen and oxygen atoms in total. The largest absolute Gasteiger partial charge is 0.309 e. The number of para-hydroxylation sites is 2. The Morgan fingerprint density at radius 1 is 0.194 bits per heavy atom. The molecule has 16 aromatic carbocycles. The first-order valence-electron chi connectivity index (χ1n) is 44.9. The van der Waals surface area contributed by atoms with Gasteiger partial charge in [0.05, 0.1) is 33.6 Å². The number of fused-ring (bicyclic) bond motifs is 26. The molecule has 608 valence electrons. The Morgan fingerprint density at radius 2 is 0.444 bits per heavy atom. The van der Waals surface area contributed by atoms with Crippen molar-refractivity contribution in [1.82, 2.24) is 0 Å². The van der Waals surface area contributed by atoms with Crippen LogP contribution in [0.1, 0.15) is 211 Å². The normalized spacial score (nSPS) is 14.8. The molecule has 0 fully saturated rings. The number of benzene rings is 16. The molecule has 0 bridgehead atoms. The molecule has 0 aliphatic heterocycles. The van der Waals surface area contributed by atoms with E-state index in [1.165, 1.54) is 201 Å². The van der Waals surface area contributed by atoms with E-state index in [-0.39, 0.29) is 32.5 Å². The van der Waals surface area contributed by atoms with Crippen molar-refractivity contribution in [2.75, 3.05) is 9.80 Å². The van der Waals surface area contributed by atoms with Crippen molar-refractivity contribution in [3.05, 3.63) is 440 Å². The van der Waals surface area contributed by atoms with Gasteiger partial charge >= 0.3 is 0 Å². The summed E-state index contributed by atoms with van der Waals surface area (Å²) in [5.74, 6) is 0. The molecule has 0 N–H and O–H groups in total. The summed E-state index contributed by atoms with van der Waals surface area (Å²) < 4.78 is 0. The number of nitrogens with zero attached hydrogens (tertiary/aromatic N) is 2. The zero-order valence-corrected chi connectivity index (χ0v) is 75.2. The molecule has 0 atom stereocenters. The molecule has 6 aliphatic carbocycles. The summed E-state index contributed by atoms with van der Waals surface area (Å²) >= 11 is 0. The third-order valence-electron chi connectivity index (χ3n) is 29.0. The summed E-state index contributed by atoms with van der Waals surface area (Å²) in [6.45, 7) is 42.0. The van der Waals surface area contributed by atoms with E-state index in [1.807, 2.05) is 0 Å². The maximum Gasteiger partial charge on any atom is 0.0726 e. The molecule has 0 unspecified atom stereocenters. The molecule has 2 spiro atoms. The van der Waals surface area contributed by atoms with Gasteiger partial charge in [-0.1, -0.05) is 413 Å². The van der Waals surface area contributed by atoms with Gasteiger partial charge in [0.1, 0.15) is 0 Å². The van der Waals surface area contributed by atoms with Crippen molar-refractivity contribution >= 4 is 34.1 Å². The van der Waals surface area contributed by atoms with Gasteiger partial charge in [-0.15, -0.1) is 0 Å². The molecule has 2 heteroatoms. The minimum atomic E-state index is -0.501. The lowest BCUT2D eigenvalue weighted by Crippen LogP contribution is -2.27. The third kappa shape index (κ3) is 11.6. The highest BCUT2D eigenvalue weighted by atomic mass is 15.2. The maximum absolute atomic E-state index is 2.58. The van der Waals surface area contributed by atoms with Crippen LogP contribution in [0.4, 0.5) is 34.1 Å². The number of aryl methyl sites for hydroxylation is 2. The van der Waals surface area contributed by atoms with Crippen LogP contribution >= 0.6 is 0 Å². The third-order valence-corrected chi connectivity index (χ3v) is 29.0. The second-order valence-corrected chi connectivity index (χ2v) is 41.3. The van der Waals surface area contributed by atoms with E-state index >= 15 is 0 Å². The summed E-state index contributed by atoms with van der Waals surface area (Å²) in [6.07, 6.45) is 0. The predicted octanol–water partition coefficient (Wildman–Crippen LogP) is 32.8. The van der Waals surface area contributed by atoms with E-state index in [1.54, 1.807) is 0 Å². The highest BCUT2D eigenvalue weighted by molar-refractivity contribution is 6.06. The van der Waals surface area contributed by atoms with Gasteiger partial charge < -0.3 is 9.80 Å². The zero-order valence-electron chi connectivity index (χ0n) is 75.2. The van der Waals surface area contributed by atoms with Crippen LogP contribution in [-0.2, 0) is 43.3 Å². The summed E-state index contributed by atoms with van der Waals surface area (Å²) in [4.78, 5) is 5.16. The Bertz CT molecular complexity index is 6550. The lowest BCUT2D eigenvalue weighted by molar-refractivity contribution is 0.586. The van der Waals surface area contributed by atoms with Gasteiger partial charge in [-0.05, 0) is 240 Å². The molecule has 0 saturated heterocycles. The average molecular weight is 1600 g/mol. The fraction of sp³-hybridized carbons (Fsp3) is 0.213. The standard InChI is InChI=1S/2C61H55N/c2*1-38-25-27-39(28-26-38)43-17-12-15-23-55(43)62(42-31-34-45-44-18-10-13-20-49(44)60(8,9)52(45)37-42)56-24-16-22-51-57(56)48-19-11-14-21-50(48)61(51)53-35-40(58(2,3)4)29-32-46(53)47-33-30-41(36-54(47)61)59(5,6)7/h2*10-37H,1-9H3. The average Bonchev–Trinajstić information content (AvgIpc) is 1.50. The van der Waals surface area contributed by atoms with Crippen molar-refractivity contribution in [3.8, 4) is 89.0 Å². The lowest BCUT2D eigenvalue weighted by Gasteiger charge is -2.34. The lowest BCUT2D eigenvalue weighted by atomic mass is 9.69. The van der Waals surface area contributed by atoms with E-state index < -0.39 is 10.8 Å². The van der Waals surface area contributed by atoms with E-state index in [2.05, 4.69) is 474 Å². The SMILES string of the molecule is Cc1ccc(-c2ccccc2N(c2ccc3c(c2)C(C)(C)c2ccccc2-3)c2cccc3c2-c2ccccc2C32c3cc(C(C)(C)C)ccc3-c3ccc(C(C)(C)C)cc32)cc1.Cc1ccc(-c2ccccc2N(c2ccc3c(c2)C(C)(C)c2ccccc2-3)c2cccc3c2-c2ccccc2C32c3cc(C(C)(C)C)ccc3-c3ccc(C(C)(C)C)cc32)cc1. The minimum absolute atomic E-state index is 0.0120. The number of hydrogen-bond acceptors (Lipinski definition) is 2. The van der Waals surface area contributed by atoms with E-state index in [9.17, 15) is 0 Å². The molecule has 0 heterocycles. The van der Waals surface area contributed by atoms with Crippen LogP contribution in [0.5, 0.6) is 0 Å². The Morgan fingerprint density at radius 3 is 0.766 bits per heavy atom. The van der Waals surface area contributed by atoms with Gasteiger partial charge in [-0.25, -0.2) is 0 Å². The molecule has 0 aromatic heterocycles. The quantitative estimate of drug-likeness (QED) is 0.150. The van der Waals surface area contributed by atoms with Crippen LogP contribution in [-0.4, -0.2) is 0 Å². The molecule has 16 aromatic rings. The first kappa shape index (κ1) is 78.4. The summed E-state index contributed by atoms with van der Waals surface area (Å²) in [6, 6.07) is 131. The van der Waals surface area contributed by atoms with Gasteiger partial charge in [0, 0.05) is 44.5 Å². The summed E-state index contributed by atoms with van der Waals surface area (Å²) in [5.41, 5.74) is 50.8. The maximum atomic E-state index is 2.58. The van der Waals surface area contributed by atoms with Gasteiger partial charge in [-0.3, -0.25) is 0 Å². The van der Waals surface area contributed by atoms with Gasteiger partial charge in [0.15, 0.2) is 0 Å². The minimum Gasteiger partial charge on any atom is -0.309 e. The Hall–Kier alpha value is -12.9. The molecule has 124 heavy (non-hydrogen) atoms. The van der Waals surface area contributed by atoms with Crippen molar-refractivity contribution in [2.24, 2.45) is 0 Å². The molecule has 0 amide bonds. The summed E-state index contributed by atoms with van der Waals surface area (Å²) in [5, 5.41) is 0. The topological polar surface area (TPSA) is 6.48 Å². The van der Waals surface area contributed by atoms with Crippen LogP contribution in [0.2, 0.25) is 0 Å². The van der Waals surface area contributed by atoms with Gasteiger partial charge in [0.2, 0.25) is 0 Å². The van der Waals surface area contributed by atoms with Crippen LogP contribution in [0.15, 0.2) is 340 Å². The van der Waals surface area contributed by atoms with E-state index in [4.69, 9.17) is 0 Å². The zero-order chi connectivity index (χ0) is 85.8. The molecule has 0 saturated carbocycles. The predicted molar refractivity (Wildman–Crippen MR) is 525 cm³/mol. The molecule has 22 rings (SSSR count). The van der Waals surface area contributed by atoms with Crippen LogP contribution in [0.3, 0.4) is 0 Å². The Kier molecular flexibility index (Phi) is 17.6. The Balaban J connectivity index is 0.000000152. The van der Waals surface area contributed by atoms with Crippen molar-refractivity contribution in [3.63, 3.8) is 0 Å². The number of anilines is 6. The van der Waals surface area contributed by atoms with Gasteiger partial charge in [-0.2, -0.15) is 0 Å². The Labute approximate surface area is 735 Å². The number of rotatable bonds is 8. The first-order valence-corrected chi connectivity index (χ1v) is 44.9. The second kappa shape index (κ2) is 27.8. The molecular formula is C122H110N2. The molecule has 0 radical (unpaired) electrons. The summed E-state index contributed by atoms with van der Waals surface area (Å²) in [7, 11) is 0. The number of hydrogen-bond donors (Lipinski definition) is 0. The highest BCUT2D eigenvalue weighted by Gasteiger charge is 2.56. The second-order valence-electron chi connectivity index (χ2n) is 41.3. The smallest absolute Gasteiger partial charge is 0.0726 e. The van der Waals surface area contributed by atoms with E-state index in [0.29, 0.717) is 0 Å². The van der Waals surface area contributed by atoms with Crippen molar-refractivity contribution < 1.29 is 0 Å². The van der Waals surface area contributed by atoms with Crippen molar-refractivity contribution in [2.45, 2.75) is 168 Å². The van der Waals surface area contributed by atoms with Crippen molar-refractivity contribution in [1.29, 1.82) is 0 Å². The monoisotopic (exact) mass is 1600 g/mol. The fourth-order valence-electron chi connectivity index (χ4n) is 22.4. The van der Waals surface area contributed by atoms with Crippen LogP contribution in [0.25, 0.3) is 89.0 Å². The van der Waals surface area contributed by atoms with Gasteiger partial charge in [0.25, 0.3) is 0 Å². The van der Waals surface area contributed by atoms with E-state index in [0.717, 1.165) is 22.7 Å². The molecule has 6 aliphatic rings. The fourth-order valence-corrected chi connectivity index (χ4v) is 22.4. The highest BCUT2D eigenvalue weighted by Crippen LogP contribution is 2.69.